The van der Waals surface area contributed by atoms with E-state index in [1.165, 1.54) is 42.6 Å². The van der Waals surface area contributed by atoms with Crippen LogP contribution in [0.15, 0.2) is 21.3 Å². The second-order valence-electron chi connectivity index (χ2n) is 5.12. The van der Waals surface area contributed by atoms with Crippen molar-refractivity contribution < 1.29 is 8.42 Å². The number of rotatable bonds is 6. The molecule has 0 atom stereocenters. The first-order chi connectivity index (χ1) is 9.93. The van der Waals surface area contributed by atoms with Gasteiger partial charge in [0.05, 0.1) is 6.54 Å². The first kappa shape index (κ1) is 16.3. The predicted molar refractivity (Wildman–Crippen MR) is 86.2 cm³/mol. The summed E-state index contributed by atoms with van der Waals surface area (Å²) in [5, 5.41) is 6.53. The van der Waals surface area contributed by atoms with Crippen LogP contribution in [0.2, 0.25) is 0 Å². The quantitative estimate of drug-likeness (QED) is 0.607. The van der Waals surface area contributed by atoms with Crippen LogP contribution >= 0.6 is 11.3 Å². The van der Waals surface area contributed by atoms with Crippen LogP contribution in [0.1, 0.15) is 24.6 Å². The van der Waals surface area contributed by atoms with Gasteiger partial charge >= 0.3 is 0 Å². The molecular weight excluding hydrogens is 308 g/mol. The van der Waals surface area contributed by atoms with Crippen LogP contribution in [0, 0.1) is 0 Å². The van der Waals surface area contributed by atoms with Gasteiger partial charge in [-0.05, 0) is 31.9 Å². The Morgan fingerprint density at radius 1 is 1.43 bits per heavy atom. The van der Waals surface area contributed by atoms with Gasteiger partial charge in [0, 0.05) is 31.6 Å². The zero-order valence-corrected chi connectivity index (χ0v) is 14.2. The molecule has 0 amide bonds. The highest BCUT2D eigenvalue weighted by Crippen LogP contribution is 2.24. The number of nitrogens with one attached hydrogen (secondary N) is 2. The van der Waals surface area contributed by atoms with E-state index in [0.29, 0.717) is 16.8 Å². The molecule has 6 nitrogen and oxygen atoms in total. The number of hydrogen-bond acceptors (Lipinski definition) is 4. The van der Waals surface area contributed by atoms with Gasteiger partial charge in [-0.25, -0.2) is 17.7 Å². The first-order valence-electron chi connectivity index (χ1n) is 6.99. The zero-order valence-electron chi connectivity index (χ0n) is 12.6. The highest BCUT2D eigenvalue weighted by atomic mass is 32.2. The first-order valence-corrected chi connectivity index (χ1v) is 9.25. The molecule has 0 aromatic carbocycles. The lowest BCUT2D eigenvalue weighted by molar-refractivity contribution is 0.523. The molecule has 1 saturated carbocycles. The lowest BCUT2D eigenvalue weighted by Gasteiger charge is -2.09. The molecule has 0 unspecified atom stereocenters. The Labute approximate surface area is 130 Å². The molecule has 1 fully saturated rings. The number of nitrogens with zero attached hydrogens (tertiary/aromatic N) is 2. The second-order valence-corrected chi connectivity index (χ2v) is 8.67. The van der Waals surface area contributed by atoms with Crippen LogP contribution in [0.3, 0.4) is 0 Å². The number of guanidine groups is 1. The van der Waals surface area contributed by atoms with E-state index in [2.05, 4.69) is 15.6 Å². The molecule has 1 heterocycles. The molecule has 0 saturated heterocycles. The molecule has 2 N–H and O–H groups in total. The number of thiophene rings is 1. The minimum Gasteiger partial charge on any atom is -0.357 e. The van der Waals surface area contributed by atoms with Gasteiger partial charge < -0.3 is 10.6 Å². The molecule has 2 rings (SSSR count). The third kappa shape index (κ3) is 4.42. The van der Waals surface area contributed by atoms with E-state index >= 15 is 0 Å². The summed E-state index contributed by atoms with van der Waals surface area (Å²) in [4.78, 5) is 5.43. The molecular formula is C13H22N4O2S2. The topological polar surface area (TPSA) is 73.8 Å². The molecule has 1 aliphatic carbocycles. The molecule has 0 bridgehead atoms. The average Bonchev–Trinajstić information content (AvgIpc) is 3.10. The molecule has 21 heavy (non-hydrogen) atoms. The number of hydrogen-bond donors (Lipinski definition) is 2. The number of aliphatic imine (C=N–C) groups is 1. The van der Waals surface area contributed by atoms with Crippen LogP contribution in [-0.4, -0.2) is 45.4 Å². The van der Waals surface area contributed by atoms with Gasteiger partial charge in [-0.15, -0.1) is 11.3 Å². The normalized spacial score (nSPS) is 16.3. The van der Waals surface area contributed by atoms with Crippen molar-refractivity contribution >= 4 is 27.3 Å². The van der Waals surface area contributed by atoms with Crippen molar-refractivity contribution in [3.8, 4) is 0 Å². The molecule has 1 aliphatic rings. The average molecular weight is 330 g/mol. The summed E-state index contributed by atoms with van der Waals surface area (Å²) in [6.07, 6.45) is 2.38. The SMILES string of the molecule is CCNC(=NCc1ccc(S(=O)(=O)N(C)C)s1)NC1CC1. The maximum atomic E-state index is 12.0. The fourth-order valence-corrected chi connectivity index (χ4v) is 4.11. The van der Waals surface area contributed by atoms with Crippen molar-refractivity contribution in [1.82, 2.24) is 14.9 Å². The van der Waals surface area contributed by atoms with Crippen LogP contribution < -0.4 is 10.6 Å². The van der Waals surface area contributed by atoms with E-state index in [4.69, 9.17) is 0 Å². The third-order valence-electron chi connectivity index (χ3n) is 3.03. The summed E-state index contributed by atoms with van der Waals surface area (Å²) in [7, 11) is -0.267. The van der Waals surface area contributed by atoms with Gasteiger partial charge in [0.15, 0.2) is 5.96 Å². The Kier molecular flexibility index (Phi) is 5.23. The third-order valence-corrected chi connectivity index (χ3v) is 6.38. The maximum Gasteiger partial charge on any atom is 0.252 e. The van der Waals surface area contributed by atoms with Gasteiger partial charge in [-0.2, -0.15) is 0 Å². The Hall–Kier alpha value is -1.12. The van der Waals surface area contributed by atoms with Crippen molar-refractivity contribution in [2.24, 2.45) is 4.99 Å². The van der Waals surface area contributed by atoms with Crippen molar-refractivity contribution in [3.05, 3.63) is 17.0 Å². The second kappa shape index (κ2) is 6.76. The Bertz CT molecular complexity index is 603. The van der Waals surface area contributed by atoms with Gasteiger partial charge in [0.1, 0.15) is 4.21 Å². The Morgan fingerprint density at radius 2 is 2.14 bits per heavy atom. The summed E-state index contributed by atoms with van der Waals surface area (Å²) in [6.45, 7) is 3.32. The predicted octanol–water partition coefficient (Wildman–Crippen LogP) is 1.22. The largest absolute Gasteiger partial charge is 0.357 e. The van der Waals surface area contributed by atoms with E-state index in [-0.39, 0.29) is 0 Å². The van der Waals surface area contributed by atoms with Gasteiger partial charge in [0.2, 0.25) is 0 Å². The molecule has 118 valence electrons. The van der Waals surface area contributed by atoms with Crippen molar-refractivity contribution in [2.75, 3.05) is 20.6 Å². The fraction of sp³-hybridized carbons (Fsp3) is 0.615. The van der Waals surface area contributed by atoms with Gasteiger partial charge in [-0.1, -0.05) is 0 Å². The standard InChI is InChI=1S/C13H22N4O2S2/c1-4-14-13(16-10-5-6-10)15-9-11-7-8-12(20-11)21(18,19)17(2)3/h7-8,10H,4-6,9H2,1-3H3,(H2,14,15,16). The fourth-order valence-electron chi connectivity index (χ4n) is 1.66. The van der Waals surface area contributed by atoms with Crippen molar-refractivity contribution in [3.63, 3.8) is 0 Å². The van der Waals surface area contributed by atoms with Crippen molar-refractivity contribution in [1.29, 1.82) is 0 Å². The smallest absolute Gasteiger partial charge is 0.252 e. The summed E-state index contributed by atoms with van der Waals surface area (Å²) >= 11 is 1.27. The summed E-state index contributed by atoms with van der Waals surface area (Å²) < 4.78 is 25.6. The molecule has 8 heteroatoms. The monoisotopic (exact) mass is 330 g/mol. The highest BCUT2D eigenvalue weighted by Gasteiger charge is 2.22. The highest BCUT2D eigenvalue weighted by molar-refractivity contribution is 7.91. The maximum absolute atomic E-state index is 12.0. The van der Waals surface area contributed by atoms with Crippen LogP contribution in [-0.2, 0) is 16.6 Å². The lowest BCUT2D eigenvalue weighted by Crippen LogP contribution is -2.38. The van der Waals surface area contributed by atoms with Gasteiger partial charge in [0.25, 0.3) is 10.0 Å². The van der Waals surface area contributed by atoms with E-state index in [1.807, 2.05) is 13.0 Å². The van der Waals surface area contributed by atoms with Crippen LogP contribution in [0.4, 0.5) is 0 Å². The summed E-state index contributed by atoms with van der Waals surface area (Å²) in [6, 6.07) is 4.01. The van der Waals surface area contributed by atoms with Crippen molar-refractivity contribution in [2.45, 2.75) is 36.6 Å². The molecule has 1 aromatic rings. The van der Waals surface area contributed by atoms with Crippen LogP contribution in [0.5, 0.6) is 0 Å². The lowest BCUT2D eigenvalue weighted by atomic mass is 10.5. The molecule has 0 radical (unpaired) electrons. The summed E-state index contributed by atoms with van der Waals surface area (Å²) in [5.41, 5.74) is 0. The van der Waals surface area contributed by atoms with E-state index in [1.54, 1.807) is 6.07 Å². The minimum atomic E-state index is -3.34. The van der Waals surface area contributed by atoms with Crippen LogP contribution in [0.25, 0.3) is 0 Å². The van der Waals surface area contributed by atoms with Gasteiger partial charge in [-0.3, -0.25) is 0 Å². The Morgan fingerprint density at radius 3 is 2.71 bits per heavy atom. The molecule has 0 spiro atoms. The molecule has 0 aliphatic heterocycles. The van der Waals surface area contributed by atoms with E-state index in [9.17, 15) is 8.42 Å². The Balaban J connectivity index is 2.04. The summed E-state index contributed by atoms with van der Waals surface area (Å²) in [5.74, 6) is 0.797. The minimum absolute atomic E-state index is 0.359. The van der Waals surface area contributed by atoms with E-state index in [0.717, 1.165) is 17.4 Å². The molecule has 1 aromatic heterocycles. The zero-order chi connectivity index (χ0) is 15.5. The van der Waals surface area contributed by atoms with E-state index < -0.39 is 10.0 Å². The number of sulfonamides is 1.